The quantitative estimate of drug-likeness (QED) is 0.794. The molecular weight excluding hydrogens is 381 g/mol. The Hall–Kier alpha value is -1.56. The highest BCUT2D eigenvalue weighted by Crippen LogP contribution is 2.25. The van der Waals surface area contributed by atoms with Crippen molar-refractivity contribution < 1.29 is 13.2 Å². The summed E-state index contributed by atoms with van der Waals surface area (Å²) in [7, 11) is -3.35. The van der Waals surface area contributed by atoms with Crippen LogP contribution in [0.3, 0.4) is 0 Å². The van der Waals surface area contributed by atoms with Gasteiger partial charge in [0.15, 0.2) is 9.84 Å². The molecule has 7 heteroatoms. The molecule has 4 nitrogen and oxygen atoms in total. The Morgan fingerprint density at radius 3 is 2.08 bits per heavy atom. The summed E-state index contributed by atoms with van der Waals surface area (Å²) in [5, 5.41) is 3.21. The lowest BCUT2D eigenvalue weighted by Gasteiger charge is -2.15. The van der Waals surface area contributed by atoms with Gasteiger partial charge in [0.1, 0.15) is 0 Å². The van der Waals surface area contributed by atoms with Crippen LogP contribution in [-0.4, -0.2) is 19.6 Å². The first-order chi connectivity index (χ1) is 11.6. The zero-order valence-corrected chi connectivity index (χ0v) is 16.4. The summed E-state index contributed by atoms with van der Waals surface area (Å²) in [5.74, 6) is -0.299. The van der Waals surface area contributed by atoms with Crippen molar-refractivity contribution in [2.75, 3.05) is 0 Å². The molecule has 0 aliphatic rings. The Bertz CT molecular complexity index is 878. The third-order valence-corrected chi connectivity index (χ3v) is 6.77. The molecule has 0 unspecified atom stereocenters. The lowest BCUT2D eigenvalue weighted by molar-refractivity contribution is 0.0940. The predicted octanol–water partition coefficient (Wildman–Crippen LogP) is 4.67. The molecule has 1 N–H and O–H groups in total. The molecule has 1 atom stereocenters. The van der Waals surface area contributed by atoms with Gasteiger partial charge in [0, 0.05) is 5.56 Å². The van der Waals surface area contributed by atoms with Gasteiger partial charge in [0.05, 0.1) is 26.2 Å². The number of sulfone groups is 1. The van der Waals surface area contributed by atoms with E-state index < -0.39 is 15.1 Å². The van der Waals surface area contributed by atoms with Gasteiger partial charge in [-0.3, -0.25) is 4.79 Å². The van der Waals surface area contributed by atoms with Gasteiger partial charge >= 0.3 is 0 Å². The fourth-order valence-corrected chi connectivity index (χ4v) is 3.58. The van der Waals surface area contributed by atoms with Gasteiger partial charge in [-0.25, -0.2) is 8.42 Å². The number of rotatable bonds is 5. The van der Waals surface area contributed by atoms with Gasteiger partial charge < -0.3 is 5.32 Å². The number of hydrogen-bond acceptors (Lipinski definition) is 3. The molecule has 0 spiro atoms. The molecule has 0 aromatic heterocycles. The molecular formula is C18H19Cl2NO3S. The number of amides is 1. The molecule has 0 bridgehead atoms. The fraction of sp³-hybridized carbons (Fsp3) is 0.278. The van der Waals surface area contributed by atoms with Gasteiger partial charge in [-0.2, -0.15) is 0 Å². The minimum atomic E-state index is -3.35. The molecule has 2 rings (SSSR count). The van der Waals surface area contributed by atoms with Gasteiger partial charge in [-0.1, -0.05) is 29.3 Å². The van der Waals surface area contributed by atoms with Gasteiger partial charge in [-0.05, 0) is 62.7 Å². The lowest BCUT2D eigenvalue weighted by Crippen LogP contribution is -2.26. The van der Waals surface area contributed by atoms with E-state index in [0.29, 0.717) is 15.6 Å². The summed E-state index contributed by atoms with van der Waals surface area (Å²) in [4.78, 5) is 12.6. The third kappa shape index (κ3) is 4.54. The summed E-state index contributed by atoms with van der Waals surface area (Å²) in [6.07, 6.45) is 0. The third-order valence-electron chi connectivity index (χ3n) is 3.86. The van der Waals surface area contributed by atoms with Crippen molar-refractivity contribution in [2.45, 2.75) is 37.0 Å². The number of hydrogen-bond donors (Lipinski definition) is 1. The highest BCUT2D eigenvalue weighted by atomic mass is 35.5. The summed E-state index contributed by atoms with van der Waals surface area (Å²) < 4.78 is 24.2. The van der Waals surface area contributed by atoms with Crippen LogP contribution in [-0.2, 0) is 9.84 Å². The zero-order chi connectivity index (χ0) is 18.8. The van der Waals surface area contributed by atoms with Crippen LogP contribution in [0.2, 0.25) is 10.0 Å². The minimum Gasteiger partial charge on any atom is -0.346 e. The van der Waals surface area contributed by atoms with Crippen molar-refractivity contribution in [3.63, 3.8) is 0 Å². The highest BCUT2D eigenvalue weighted by molar-refractivity contribution is 7.92. The molecule has 0 heterocycles. The highest BCUT2D eigenvalue weighted by Gasteiger charge is 2.20. The van der Waals surface area contributed by atoms with E-state index in [9.17, 15) is 13.2 Å². The molecule has 0 fully saturated rings. The summed E-state index contributed by atoms with van der Waals surface area (Å²) in [6, 6.07) is 10.8. The number of carbonyl (C=O) groups is 1. The van der Waals surface area contributed by atoms with Crippen LogP contribution in [0, 0.1) is 0 Å². The van der Waals surface area contributed by atoms with Crippen LogP contribution in [0.1, 0.15) is 42.7 Å². The molecule has 0 saturated carbocycles. The van der Waals surface area contributed by atoms with Gasteiger partial charge in [-0.15, -0.1) is 0 Å². The molecule has 134 valence electrons. The van der Waals surface area contributed by atoms with E-state index in [2.05, 4.69) is 5.32 Å². The molecule has 0 aliphatic carbocycles. The summed E-state index contributed by atoms with van der Waals surface area (Å²) in [6.45, 7) is 5.07. The second kappa shape index (κ2) is 7.77. The summed E-state index contributed by atoms with van der Waals surface area (Å²) in [5.41, 5.74) is 1.20. The predicted molar refractivity (Wildman–Crippen MR) is 101 cm³/mol. The van der Waals surface area contributed by atoms with Gasteiger partial charge in [0.2, 0.25) is 0 Å². The number of nitrogens with one attached hydrogen (secondary N) is 1. The lowest BCUT2D eigenvalue weighted by atomic mass is 10.1. The normalized spacial score (nSPS) is 12.9. The zero-order valence-electron chi connectivity index (χ0n) is 14.1. The van der Waals surface area contributed by atoms with E-state index in [-0.39, 0.29) is 16.8 Å². The first-order valence-electron chi connectivity index (χ1n) is 7.72. The maximum Gasteiger partial charge on any atom is 0.251 e. The average molecular weight is 400 g/mol. The van der Waals surface area contributed by atoms with Crippen molar-refractivity contribution in [3.8, 4) is 0 Å². The Labute approximate surface area is 158 Å². The first kappa shape index (κ1) is 19.8. The Kier molecular flexibility index (Phi) is 6.14. The summed E-state index contributed by atoms with van der Waals surface area (Å²) >= 11 is 11.9. The minimum absolute atomic E-state index is 0.205. The molecule has 0 saturated heterocycles. The molecule has 25 heavy (non-hydrogen) atoms. The van der Waals surface area contributed by atoms with Crippen molar-refractivity contribution >= 4 is 38.9 Å². The monoisotopic (exact) mass is 399 g/mol. The molecule has 0 aliphatic heterocycles. The average Bonchev–Trinajstić information content (AvgIpc) is 2.57. The van der Waals surface area contributed by atoms with Crippen LogP contribution in [0.5, 0.6) is 0 Å². The Morgan fingerprint density at radius 2 is 1.56 bits per heavy atom. The van der Waals surface area contributed by atoms with E-state index in [1.807, 2.05) is 6.92 Å². The fourth-order valence-electron chi connectivity index (χ4n) is 2.21. The molecule has 1 amide bonds. The standard InChI is InChI=1S/C18H19Cl2NO3S/c1-11(2)25(23,24)15-7-4-13(5-8-15)18(22)21-12(3)14-6-9-16(19)17(20)10-14/h4-12H,1-3H3,(H,21,22)/t12-/m0/s1. The number of carbonyl (C=O) groups excluding carboxylic acids is 1. The van der Waals surface area contributed by atoms with Crippen molar-refractivity contribution in [2.24, 2.45) is 0 Å². The molecule has 2 aromatic carbocycles. The smallest absolute Gasteiger partial charge is 0.251 e. The van der Waals surface area contributed by atoms with Crippen LogP contribution < -0.4 is 5.32 Å². The van der Waals surface area contributed by atoms with Crippen LogP contribution in [0.25, 0.3) is 0 Å². The maximum atomic E-state index is 12.4. The molecule has 0 radical (unpaired) electrons. The van der Waals surface area contributed by atoms with Gasteiger partial charge in [0.25, 0.3) is 5.91 Å². The number of benzene rings is 2. The molecule has 2 aromatic rings. The van der Waals surface area contributed by atoms with E-state index in [1.165, 1.54) is 24.3 Å². The van der Waals surface area contributed by atoms with E-state index in [0.717, 1.165) is 5.56 Å². The SMILES string of the molecule is CC(C)S(=O)(=O)c1ccc(C(=O)N[C@@H](C)c2ccc(Cl)c(Cl)c2)cc1. The Balaban J connectivity index is 2.14. The Morgan fingerprint density at radius 1 is 0.960 bits per heavy atom. The van der Waals surface area contributed by atoms with Crippen molar-refractivity contribution in [1.29, 1.82) is 0 Å². The number of halogens is 2. The first-order valence-corrected chi connectivity index (χ1v) is 10.0. The largest absolute Gasteiger partial charge is 0.346 e. The topological polar surface area (TPSA) is 63.2 Å². The van der Waals surface area contributed by atoms with Crippen molar-refractivity contribution in [1.82, 2.24) is 5.32 Å². The van der Waals surface area contributed by atoms with Crippen LogP contribution >= 0.6 is 23.2 Å². The van der Waals surface area contributed by atoms with E-state index in [4.69, 9.17) is 23.2 Å². The van der Waals surface area contributed by atoms with Crippen molar-refractivity contribution in [3.05, 3.63) is 63.6 Å². The van der Waals surface area contributed by atoms with Crippen LogP contribution in [0.4, 0.5) is 0 Å². The second-order valence-electron chi connectivity index (χ2n) is 5.99. The maximum absolute atomic E-state index is 12.4. The van der Waals surface area contributed by atoms with E-state index >= 15 is 0 Å². The van der Waals surface area contributed by atoms with E-state index in [1.54, 1.807) is 32.0 Å². The van der Waals surface area contributed by atoms with Crippen LogP contribution in [0.15, 0.2) is 47.4 Å². The second-order valence-corrected chi connectivity index (χ2v) is 9.31.